The number of amides is 3. The van der Waals surface area contributed by atoms with Crippen molar-refractivity contribution < 1.29 is 19.5 Å². The van der Waals surface area contributed by atoms with Gasteiger partial charge in [0.05, 0.1) is 17.6 Å². The van der Waals surface area contributed by atoms with Crippen LogP contribution in [0.5, 0.6) is 0 Å². The van der Waals surface area contributed by atoms with E-state index in [1.807, 2.05) is 24.3 Å². The third-order valence-electron chi connectivity index (χ3n) is 4.79. The molecule has 0 saturated carbocycles. The number of fused-ring (bicyclic) bond motifs is 1. The summed E-state index contributed by atoms with van der Waals surface area (Å²) in [4.78, 5) is 55.4. The van der Waals surface area contributed by atoms with Crippen LogP contribution in [0.25, 0.3) is 11.0 Å². The Bertz CT molecular complexity index is 1210. The minimum atomic E-state index is -1.37. The van der Waals surface area contributed by atoms with E-state index >= 15 is 0 Å². The molecule has 0 radical (unpaired) electrons. The third-order valence-corrected chi connectivity index (χ3v) is 4.79. The number of nitrogens with zero attached hydrogens (tertiary/aromatic N) is 2. The second kappa shape index (κ2) is 10.8. The van der Waals surface area contributed by atoms with Crippen molar-refractivity contribution in [2.75, 3.05) is 12.4 Å². The molecule has 0 saturated heterocycles. The molecule has 2 heterocycles. The summed E-state index contributed by atoms with van der Waals surface area (Å²) in [6, 6.07) is 9.41. The molecule has 0 unspecified atom stereocenters. The number of hydrogen-bond acceptors (Lipinski definition) is 5. The second-order valence-electron chi connectivity index (χ2n) is 7.14. The molecule has 11 heteroatoms. The van der Waals surface area contributed by atoms with Gasteiger partial charge in [-0.15, -0.1) is 0 Å². The van der Waals surface area contributed by atoms with Gasteiger partial charge in [0.1, 0.15) is 17.6 Å². The first-order valence-corrected chi connectivity index (χ1v) is 10.2. The molecular formula is C22H24N6O5. The SMILES string of the molecule is CNC(=O)/C=C/CC[C@H](NC(=O)O)C(=O)Nc1cccn(Cc2nc3ccccc3[nH]2)c1=O. The van der Waals surface area contributed by atoms with E-state index in [0.717, 1.165) is 11.0 Å². The number of H-pyrrole nitrogens is 1. The van der Waals surface area contributed by atoms with Gasteiger partial charge < -0.3 is 30.6 Å². The molecular weight excluding hydrogens is 428 g/mol. The van der Waals surface area contributed by atoms with Crippen molar-refractivity contribution in [2.24, 2.45) is 0 Å². The van der Waals surface area contributed by atoms with Crippen LogP contribution in [0, 0.1) is 0 Å². The molecule has 3 aromatic rings. The number of carboxylic acid groups (broad SMARTS) is 1. The Morgan fingerprint density at radius 1 is 1.21 bits per heavy atom. The van der Waals surface area contributed by atoms with Gasteiger partial charge in [-0.3, -0.25) is 14.4 Å². The zero-order valence-corrected chi connectivity index (χ0v) is 17.9. The van der Waals surface area contributed by atoms with Gasteiger partial charge in [-0.2, -0.15) is 0 Å². The van der Waals surface area contributed by atoms with Gasteiger partial charge in [-0.1, -0.05) is 18.2 Å². The number of imidazole rings is 1. The number of hydrogen-bond donors (Lipinski definition) is 5. The summed E-state index contributed by atoms with van der Waals surface area (Å²) in [7, 11) is 1.48. The number of para-hydroxylation sites is 2. The van der Waals surface area contributed by atoms with Gasteiger partial charge in [0.25, 0.3) is 5.56 Å². The van der Waals surface area contributed by atoms with Crippen molar-refractivity contribution in [1.29, 1.82) is 0 Å². The van der Waals surface area contributed by atoms with Crippen molar-refractivity contribution in [3.63, 3.8) is 0 Å². The maximum Gasteiger partial charge on any atom is 0.405 e. The quantitative estimate of drug-likeness (QED) is 0.309. The van der Waals surface area contributed by atoms with Gasteiger partial charge >= 0.3 is 6.09 Å². The summed E-state index contributed by atoms with van der Waals surface area (Å²) in [5.74, 6) is -0.407. The summed E-state index contributed by atoms with van der Waals surface area (Å²) in [5.41, 5.74) is 1.17. The second-order valence-corrected chi connectivity index (χ2v) is 7.14. The number of allylic oxidation sites excluding steroid dienone is 1. The lowest BCUT2D eigenvalue weighted by atomic mass is 10.1. The summed E-state index contributed by atoms with van der Waals surface area (Å²) < 4.78 is 1.39. The summed E-state index contributed by atoms with van der Waals surface area (Å²) in [6.45, 7) is 0.165. The molecule has 0 fully saturated rings. The highest BCUT2D eigenvalue weighted by atomic mass is 16.4. The van der Waals surface area contributed by atoms with Gasteiger partial charge in [-0.25, -0.2) is 9.78 Å². The van der Waals surface area contributed by atoms with Crippen LogP contribution in [0.15, 0.2) is 59.5 Å². The van der Waals surface area contributed by atoms with E-state index < -0.39 is 23.6 Å². The molecule has 3 rings (SSSR count). The first-order valence-electron chi connectivity index (χ1n) is 10.2. The number of likely N-dealkylation sites (N-methyl/N-ethyl adjacent to an activating group) is 1. The lowest BCUT2D eigenvalue weighted by molar-refractivity contribution is -0.118. The van der Waals surface area contributed by atoms with E-state index in [2.05, 4.69) is 25.9 Å². The Morgan fingerprint density at radius 3 is 2.73 bits per heavy atom. The zero-order chi connectivity index (χ0) is 23.8. The summed E-state index contributed by atoms with van der Waals surface area (Å²) >= 11 is 0. The Kier molecular flexibility index (Phi) is 7.58. The van der Waals surface area contributed by atoms with Crippen LogP contribution in [-0.4, -0.2) is 50.6 Å². The molecule has 2 aromatic heterocycles. The molecule has 0 spiro atoms. The molecule has 1 atom stereocenters. The highest BCUT2D eigenvalue weighted by Crippen LogP contribution is 2.11. The normalized spacial score (nSPS) is 11.9. The molecule has 172 valence electrons. The van der Waals surface area contributed by atoms with Gasteiger partial charge in [0.15, 0.2) is 0 Å². The molecule has 5 N–H and O–H groups in total. The number of rotatable bonds is 9. The van der Waals surface area contributed by atoms with Crippen molar-refractivity contribution in [2.45, 2.75) is 25.4 Å². The molecule has 33 heavy (non-hydrogen) atoms. The Balaban J connectivity index is 1.71. The minimum absolute atomic E-state index is 0.0108. The van der Waals surface area contributed by atoms with E-state index in [9.17, 15) is 19.2 Å². The van der Waals surface area contributed by atoms with Crippen LogP contribution >= 0.6 is 0 Å². The number of carbonyl (C=O) groups excluding carboxylic acids is 2. The summed E-state index contributed by atoms with van der Waals surface area (Å²) in [5, 5.41) is 16.1. The fourth-order valence-electron chi connectivity index (χ4n) is 3.17. The fraction of sp³-hybridized carbons (Fsp3) is 0.227. The van der Waals surface area contributed by atoms with Crippen LogP contribution in [0.4, 0.5) is 10.5 Å². The number of pyridine rings is 1. The number of aromatic amines is 1. The average molecular weight is 452 g/mol. The molecule has 1 aromatic carbocycles. The maximum absolute atomic E-state index is 12.9. The van der Waals surface area contributed by atoms with Crippen molar-refractivity contribution in [3.05, 3.63) is 70.9 Å². The van der Waals surface area contributed by atoms with E-state index in [1.54, 1.807) is 12.3 Å². The molecule has 0 bridgehead atoms. The molecule has 0 aliphatic carbocycles. The highest BCUT2D eigenvalue weighted by molar-refractivity contribution is 5.96. The predicted molar refractivity (Wildman–Crippen MR) is 122 cm³/mol. The van der Waals surface area contributed by atoms with Crippen molar-refractivity contribution in [3.8, 4) is 0 Å². The highest BCUT2D eigenvalue weighted by Gasteiger charge is 2.21. The average Bonchev–Trinajstić information content (AvgIpc) is 3.20. The number of carbonyl (C=O) groups is 3. The van der Waals surface area contributed by atoms with E-state index in [-0.39, 0.29) is 31.0 Å². The smallest absolute Gasteiger partial charge is 0.405 e. The zero-order valence-electron chi connectivity index (χ0n) is 17.9. The Labute approximate surface area is 188 Å². The third kappa shape index (κ3) is 6.29. The maximum atomic E-state index is 12.9. The van der Waals surface area contributed by atoms with Crippen LogP contribution in [0.1, 0.15) is 18.7 Å². The van der Waals surface area contributed by atoms with Crippen molar-refractivity contribution in [1.82, 2.24) is 25.2 Å². The number of anilines is 1. The number of aromatic nitrogens is 3. The molecule has 0 aliphatic rings. The topological polar surface area (TPSA) is 158 Å². The standard InChI is InChI=1S/C22H24N6O5/c1-23-19(29)11-5-4-9-16(27-22(32)33)20(30)26-17-10-6-12-28(21(17)31)13-18-24-14-7-2-3-8-15(14)25-18/h2-3,5-8,10-12,16,27H,4,9,13H2,1H3,(H,23,29)(H,24,25)(H,26,30)(H,32,33)/b11-5+/t16-/m0/s1. The van der Waals surface area contributed by atoms with Gasteiger partial charge in [0.2, 0.25) is 11.8 Å². The van der Waals surface area contributed by atoms with Gasteiger partial charge in [-0.05, 0) is 43.2 Å². The van der Waals surface area contributed by atoms with Crippen LogP contribution in [-0.2, 0) is 16.1 Å². The lowest BCUT2D eigenvalue weighted by Crippen LogP contribution is -2.44. The Hall–Kier alpha value is -4.41. The summed E-state index contributed by atoms with van der Waals surface area (Å²) in [6.07, 6.45) is 3.40. The predicted octanol–water partition coefficient (Wildman–Crippen LogP) is 1.43. The van der Waals surface area contributed by atoms with E-state index in [0.29, 0.717) is 5.82 Å². The largest absolute Gasteiger partial charge is 0.465 e. The monoisotopic (exact) mass is 452 g/mol. The minimum Gasteiger partial charge on any atom is -0.465 e. The molecule has 3 amide bonds. The molecule has 0 aliphatic heterocycles. The first-order chi connectivity index (χ1) is 15.9. The Morgan fingerprint density at radius 2 is 2.00 bits per heavy atom. The van der Waals surface area contributed by atoms with Crippen molar-refractivity contribution >= 4 is 34.6 Å². The van der Waals surface area contributed by atoms with E-state index in [4.69, 9.17) is 5.11 Å². The van der Waals surface area contributed by atoms with Crippen LogP contribution in [0.2, 0.25) is 0 Å². The van der Waals surface area contributed by atoms with Crippen LogP contribution in [0.3, 0.4) is 0 Å². The molecule has 11 nitrogen and oxygen atoms in total. The lowest BCUT2D eigenvalue weighted by Gasteiger charge is -2.16. The van der Waals surface area contributed by atoms with Crippen LogP contribution < -0.4 is 21.5 Å². The van der Waals surface area contributed by atoms with E-state index in [1.165, 1.54) is 29.8 Å². The number of nitrogens with one attached hydrogen (secondary N) is 4. The number of benzene rings is 1. The fourth-order valence-corrected chi connectivity index (χ4v) is 3.17. The first kappa shape index (κ1) is 23.3. The van der Waals surface area contributed by atoms with Gasteiger partial charge in [0, 0.05) is 13.2 Å².